The van der Waals surface area contributed by atoms with E-state index in [2.05, 4.69) is 35.8 Å². The highest BCUT2D eigenvalue weighted by Crippen LogP contribution is 2.40. The van der Waals surface area contributed by atoms with Gasteiger partial charge in [-0.1, -0.05) is 13.8 Å². The Labute approximate surface area is 98.2 Å². The van der Waals surface area contributed by atoms with Crippen molar-refractivity contribution in [2.75, 3.05) is 26.2 Å². The molecule has 2 aliphatic rings. The number of likely N-dealkylation sites (tertiary alicyclic amines) is 1. The van der Waals surface area contributed by atoms with Crippen molar-refractivity contribution >= 4 is 11.8 Å². The maximum Gasteiger partial charge on any atom is 0.0661 e. The fraction of sp³-hybridized carbons (Fsp3) is 1.00. The lowest BCUT2D eigenvalue weighted by Crippen LogP contribution is -2.38. The molecule has 2 unspecified atom stereocenters. The summed E-state index contributed by atoms with van der Waals surface area (Å²) < 4.78 is 0. The third-order valence-corrected chi connectivity index (χ3v) is 5.14. The minimum atomic E-state index is 0.432. The summed E-state index contributed by atoms with van der Waals surface area (Å²) in [7, 11) is 0. The number of nitrogens with zero attached hydrogens (tertiary/aromatic N) is 1. The van der Waals surface area contributed by atoms with Gasteiger partial charge in [0.05, 0.1) is 4.87 Å². The molecule has 0 radical (unpaired) electrons. The second kappa shape index (κ2) is 5.07. The van der Waals surface area contributed by atoms with Gasteiger partial charge >= 0.3 is 0 Å². The van der Waals surface area contributed by atoms with E-state index in [4.69, 9.17) is 0 Å². The Balaban J connectivity index is 1.89. The van der Waals surface area contributed by atoms with Crippen molar-refractivity contribution in [1.82, 2.24) is 10.2 Å². The van der Waals surface area contributed by atoms with E-state index in [0.29, 0.717) is 4.87 Å². The minimum absolute atomic E-state index is 0.432. The van der Waals surface area contributed by atoms with Gasteiger partial charge in [0, 0.05) is 18.3 Å². The van der Waals surface area contributed by atoms with Crippen LogP contribution in [0.4, 0.5) is 0 Å². The van der Waals surface area contributed by atoms with Crippen LogP contribution in [-0.4, -0.2) is 41.2 Å². The Hall–Kier alpha value is 0.270. The molecule has 0 bridgehead atoms. The summed E-state index contributed by atoms with van der Waals surface area (Å²) in [5.41, 5.74) is 0. The molecule has 0 saturated carbocycles. The summed E-state index contributed by atoms with van der Waals surface area (Å²) in [6.07, 6.45) is 5.36. The first-order valence-corrected chi connectivity index (χ1v) is 7.27. The van der Waals surface area contributed by atoms with Crippen LogP contribution in [0.3, 0.4) is 0 Å². The van der Waals surface area contributed by atoms with Crippen molar-refractivity contribution in [3.8, 4) is 0 Å². The van der Waals surface area contributed by atoms with Gasteiger partial charge < -0.3 is 10.2 Å². The van der Waals surface area contributed by atoms with Crippen LogP contribution in [0, 0.1) is 0 Å². The zero-order valence-electron chi connectivity index (χ0n) is 10.1. The van der Waals surface area contributed by atoms with Crippen molar-refractivity contribution in [3.63, 3.8) is 0 Å². The largest absolute Gasteiger partial charge is 0.303 e. The van der Waals surface area contributed by atoms with Gasteiger partial charge in [0.2, 0.25) is 0 Å². The Morgan fingerprint density at radius 1 is 1.40 bits per heavy atom. The smallest absolute Gasteiger partial charge is 0.0661 e. The summed E-state index contributed by atoms with van der Waals surface area (Å²) in [6.45, 7) is 9.73. The van der Waals surface area contributed by atoms with E-state index in [1.807, 2.05) is 0 Å². The maximum atomic E-state index is 3.76. The highest BCUT2D eigenvalue weighted by molar-refractivity contribution is 8.01. The molecule has 2 atom stereocenters. The van der Waals surface area contributed by atoms with Crippen LogP contribution in [0.25, 0.3) is 0 Å². The molecule has 0 aromatic carbocycles. The van der Waals surface area contributed by atoms with Gasteiger partial charge in [-0.25, -0.2) is 0 Å². The number of hydrogen-bond acceptors (Lipinski definition) is 3. The second-order valence-electron chi connectivity index (χ2n) is 5.00. The van der Waals surface area contributed by atoms with Crippen LogP contribution in [0.15, 0.2) is 0 Å². The van der Waals surface area contributed by atoms with Gasteiger partial charge in [-0.3, -0.25) is 0 Å². The Morgan fingerprint density at radius 2 is 2.27 bits per heavy atom. The first-order chi connectivity index (χ1) is 7.24. The molecule has 0 aromatic rings. The lowest BCUT2D eigenvalue weighted by molar-refractivity contribution is 0.281. The molecule has 0 aromatic heterocycles. The van der Waals surface area contributed by atoms with Gasteiger partial charge in [0.1, 0.15) is 0 Å². The van der Waals surface area contributed by atoms with Crippen LogP contribution < -0.4 is 5.32 Å². The quantitative estimate of drug-likeness (QED) is 0.781. The van der Waals surface area contributed by atoms with Crippen molar-refractivity contribution in [2.24, 2.45) is 0 Å². The zero-order valence-corrected chi connectivity index (χ0v) is 10.9. The molecule has 0 aliphatic carbocycles. The predicted octanol–water partition coefficient (Wildman–Crippen LogP) is 2.30. The summed E-state index contributed by atoms with van der Waals surface area (Å²) >= 11 is 2.18. The maximum absolute atomic E-state index is 3.76. The Morgan fingerprint density at radius 3 is 2.93 bits per heavy atom. The lowest BCUT2D eigenvalue weighted by Gasteiger charge is -2.27. The normalized spacial score (nSPS) is 38.4. The number of hydrogen-bond donors (Lipinski definition) is 1. The number of thioether (sulfide) groups is 1. The molecule has 3 heteroatoms. The van der Waals surface area contributed by atoms with E-state index in [0.717, 1.165) is 5.25 Å². The summed E-state index contributed by atoms with van der Waals surface area (Å²) in [5.74, 6) is 0. The first-order valence-electron chi connectivity index (χ1n) is 6.39. The van der Waals surface area contributed by atoms with Gasteiger partial charge in [0.15, 0.2) is 0 Å². The fourth-order valence-electron chi connectivity index (χ4n) is 2.80. The molecule has 2 fully saturated rings. The highest BCUT2D eigenvalue weighted by Gasteiger charge is 2.38. The molecule has 0 amide bonds. The first kappa shape index (κ1) is 11.7. The molecule has 15 heavy (non-hydrogen) atoms. The molecule has 2 nitrogen and oxygen atoms in total. The highest BCUT2D eigenvalue weighted by atomic mass is 32.2. The Bertz CT molecular complexity index is 210. The molecule has 2 heterocycles. The van der Waals surface area contributed by atoms with Crippen molar-refractivity contribution in [1.29, 1.82) is 0 Å². The number of nitrogens with one attached hydrogen (secondary N) is 1. The van der Waals surface area contributed by atoms with E-state index in [9.17, 15) is 0 Å². The van der Waals surface area contributed by atoms with Crippen molar-refractivity contribution < 1.29 is 0 Å². The third kappa shape index (κ3) is 2.89. The monoisotopic (exact) mass is 228 g/mol. The van der Waals surface area contributed by atoms with E-state index in [-0.39, 0.29) is 0 Å². The topological polar surface area (TPSA) is 15.3 Å². The summed E-state index contributed by atoms with van der Waals surface area (Å²) in [6, 6.07) is 0. The van der Waals surface area contributed by atoms with Crippen LogP contribution in [0.5, 0.6) is 0 Å². The van der Waals surface area contributed by atoms with Crippen LogP contribution in [-0.2, 0) is 0 Å². The molecule has 1 N–H and O–H groups in total. The number of rotatable bonds is 2. The average molecular weight is 228 g/mol. The summed E-state index contributed by atoms with van der Waals surface area (Å²) in [4.78, 5) is 3.07. The van der Waals surface area contributed by atoms with Crippen LogP contribution in [0.2, 0.25) is 0 Å². The van der Waals surface area contributed by atoms with Gasteiger partial charge in [-0.05, 0) is 38.8 Å². The molecular formula is C12H24N2S. The summed E-state index contributed by atoms with van der Waals surface area (Å²) in [5, 5.41) is 4.57. The zero-order chi connectivity index (χ0) is 10.7. The van der Waals surface area contributed by atoms with Crippen molar-refractivity contribution in [3.05, 3.63) is 0 Å². The van der Waals surface area contributed by atoms with E-state index in [1.165, 1.54) is 51.9 Å². The molecule has 2 saturated heterocycles. The third-order valence-electron chi connectivity index (χ3n) is 3.57. The van der Waals surface area contributed by atoms with Crippen molar-refractivity contribution in [2.45, 2.75) is 49.7 Å². The van der Waals surface area contributed by atoms with Gasteiger partial charge in [-0.2, -0.15) is 0 Å². The fourth-order valence-corrected chi connectivity index (χ4v) is 4.37. The molecule has 2 rings (SSSR count). The predicted molar refractivity (Wildman–Crippen MR) is 68.4 cm³/mol. The molecule has 88 valence electrons. The van der Waals surface area contributed by atoms with Gasteiger partial charge in [-0.15, -0.1) is 11.8 Å². The van der Waals surface area contributed by atoms with Crippen LogP contribution in [0.1, 0.15) is 39.5 Å². The Kier molecular flexibility index (Phi) is 3.97. The van der Waals surface area contributed by atoms with Crippen LogP contribution >= 0.6 is 11.8 Å². The average Bonchev–Trinajstić information content (AvgIpc) is 2.45. The van der Waals surface area contributed by atoms with Gasteiger partial charge in [0.25, 0.3) is 0 Å². The molecule has 1 spiro atoms. The molecule has 2 aliphatic heterocycles. The second-order valence-corrected chi connectivity index (χ2v) is 6.82. The minimum Gasteiger partial charge on any atom is -0.303 e. The van der Waals surface area contributed by atoms with E-state index < -0.39 is 0 Å². The lowest BCUT2D eigenvalue weighted by atomic mass is 10.1. The molecular weight excluding hydrogens is 204 g/mol. The van der Waals surface area contributed by atoms with E-state index in [1.54, 1.807) is 0 Å². The standard InChI is InChI=1S/C12H24N2S/c1-3-7-14-8-4-5-12(6-9-14)13-10-11(2)15-12/h11,13H,3-10H2,1-2H3. The van der Waals surface area contributed by atoms with E-state index >= 15 is 0 Å². The SMILES string of the molecule is CCCN1CCCC2(CC1)NCC(C)S2.